The van der Waals surface area contributed by atoms with Crippen molar-refractivity contribution < 1.29 is 4.79 Å². The Balaban J connectivity index is 0.00000220. The predicted molar refractivity (Wildman–Crippen MR) is 93.6 cm³/mol. The molecule has 120 valence electrons. The molecule has 0 spiro atoms. The summed E-state index contributed by atoms with van der Waals surface area (Å²) in [5.74, 6) is -0.121. The van der Waals surface area contributed by atoms with Crippen LogP contribution in [-0.2, 0) is 17.6 Å². The molecule has 22 heavy (non-hydrogen) atoms. The fourth-order valence-corrected chi connectivity index (χ4v) is 1.95. The van der Waals surface area contributed by atoms with E-state index in [1.807, 2.05) is 48.5 Å². The number of hydrogen-bond acceptors (Lipinski definition) is 3. The van der Waals surface area contributed by atoms with Crippen LogP contribution in [0, 0.1) is 0 Å². The van der Waals surface area contributed by atoms with Gasteiger partial charge in [-0.1, -0.05) is 36.4 Å². The lowest BCUT2D eigenvalue weighted by molar-refractivity contribution is -0.122. The Morgan fingerprint density at radius 2 is 1.77 bits per heavy atom. The second-order valence-electron chi connectivity index (χ2n) is 4.66. The molecule has 0 radical (unpaired) electrons. The van der Waals surface area contributed by atoms with Gasteiger partial charge in [-0.2, -0.15) is 0 Å². The third kappa shape index (κ3) is 6.89. The van der Waals surface area contributed by atoms with E-state index in [1.54, 1.807) is 6.20 Å². The SMILES string of the molecule is Cl.Cl.NC(Cc1ccccc1)C(=O)NCCc1ccccn1. The van der Waals surface area contributed by atoms with Crippen molar-refractivity contribution in [1.29, 1.82) is 0 Å². The Morgan fingerprint density at radius 1 is 1.09 bits per heavy atom. The van der Waals surface area contributed by atoms with Crippen molar-refractivity contribution in [3.05, 3.63) is 66.0 Å². The second-order valence-corrected chi connectivity index (χ2v) is 4.66. The van der Waals surface area contributed by atoms with Crippen molar-refractivity contribution in [3.63, 3.8) is 0 Å². The molecule has 6 heteroatoms. The molecule has 1 heterocycles. The van der Waals surface area contributed by atoms with Crippen molar-refractivity contribution in [2.75, 3.05) is 6.54 Å². The quantitative estimate of drug-likeness (QED) is 0.845. The monoisotopic (exact) mass is 341 g/mol. The number of carbonyl (C=O) groups excluding carboxylic acids is 1. The van der Waals surface area contributed by atoms with Gasteiger partial charge in [0.15, 0.2) is 0 Å². The Morgan fingerprint density at radius 3 is 2.41 bits per heavy atom. The summed E-state index contributed by atoms with van der Waals surface area (Å²) in [4.78, 5) is 16.1. The average molecular weight is 342 g/mol. The fourth-order valence-electron chi connectivity index (χ4n) is 1.95. The van der Waals surface area contributed by atoms with Crippen LogP contribution in [0.1, 0.15) is 11.3 Å². The minimum atomic E-state index is -0.513. The number of rotatable bonds is 6. The number of carbonyl (C=O) groups is 1. The summed E-state index contributed by atoms with van der Waals surface area (Å²) in [5.41, 5.74) is 7.93. The number of pyridine rings is 1. The van der Waals surface area contributed by atoms with Crippen LogP contribution in [0.25, 0.3) is 0 Å². The molecule has 1 aromatic carbocycles. The summed E-state index contributed by atoms with van der Waals surface area (Å²) in [6.07, 6.45) is 3.01. The number of hydrogen-bond donors (Lipinski definition) is 2. The zero-order valence-electron chi connectivity index (χ0n) is 12.1. The van der Waals surface area contributed by atoms with Crippen LogP contribution in [0.15, 0.2) is 54.7 Å². The maximum atomic E-state index is 11.9. The fraction of sp³-hybridized carbons (Fsp3) is 0.250. The first-order valence-electron chi connectivity index (χ1n) is 6.73. The zero-order valence-corrected chi connectivity index (χ0v) is 13.8. The highest BCUT2D eigenvalue weighted by atomic mass is 35.5. The molecule has 0 aliphatic carbocycles. The van der Waals surface area contributed by atoms with E-state index in [0.717, 1.165) is 11.3 Å². The Labute approximate surface area is 143 Å². The van der Waals surface area contributed by atoms with E-state index < -0.39 is 6.04 Å². The van der Waals surface area contributed by atoms with Gasteiger partial charge in [0.25, 0.3) is 0 Å². The minimum absolute atomic E-state index is 0. The Hall–Kier alpha value is -1.62. The number of nitrogens with zero attached hydrogens (tertiary/aromatic N) is 1. The summed E-state index contributed by atoms with van der Waals surface area (Å²) >= 11 is 0. The van der Waals surface area contributed by atoms with Crippen LogP contribution in [0.4, 0.5) is 0 Å². The second kappa shape index (κ2) is 11.0. The van der Waals surface area contributed by atoms with Crippen LogP contribution in [0.2, 0.25) is 0 Å². The van der Waals surface area contributed by atoms with Gasteiger partial charge >= 0.3 is 0 Å². The first-order valence-corrected chi connectivity index (χ1v) is 6.73. The number of nitrogens with one attached hydrogen (secondary N) is 1. The summed E-state index contributed by atoms with van der Waals surface area (Å²) < 4.78 is 0. The van der Waals surface area contributed by atoms with Gasteiger partial charge in [-0.15, -0.1) is 24.8 Å². The molecule has 3 N–H and O–H groups in total. The summed E-state index contributed by atoms with van der Waals surface area (Å²) in [7, 11) is 0. The van der Waals surface area contributed by atoms with Crippen LogP contribution in [0.3, 0.4) is 0 Å². The highest BCUT2D eigenvalue weighted by Gasteiger charge is 2.13. The van der Waals surface area contributed by atoms with Crippen molar-refractivity contribution in [2.45, 2.75) is 18.9 Å². The summed E-state index contributed by atoms with van der Waals surface area (Å²) in [6.45, 7) is 0.554. The molecule has 1 atom stereocenters. The van der Waals surface area contributed by atoms with Gasteiger partial charge in [0.1, 0.15) is 0 Å². The molecule has 1 aromatic heterocycles. The molecule has 0 aliphatic rings. The first-order chi connectivity index (χ1) is 9.75. The van der Waals surface area contributed by atoms with Gasteiger partial charge in [0, 0.05) is 24.9 Å². The van der Waals surface area contributed by atoms with Crippen molar-refractivity contribution >= 4 is 30.7 Å². The largest absolute Gasteiger partial charge is 0.354 e. The normalized spacial score (nSPS) is 10.8. The summed E-state index contributed by atoms with van der Waals surface area (Å²) in [5, 5.41) is 2.85. The number of halogens is 2. The van der Waals surface area contributed by atoms with Gasteiger partial charge < -0.3 is 11.1 Å². The molecule has 4 nitrogen and oxygen atoms in total. The van der Waals surface area contributed by atoms with Gasteiger partial charge in [0.05, 0.1) is 6.04 Å². The predicted octanol–water partition coefficient (Wildman–Crippen LogP) is 2.15. The topological polar surface area (TPSA) is 68.0 Å². The van der Waals surface area contributed by atoms with Gasteiger partial charge in [-0.05, 0) is 24.1 Å². The van der Waals surface area contributed by atoms with E-state index >= 15 is 0 Å². The van der Waals surface area contributed by atoms with E-state index in [4.69, 9.17) is 5.73 Å². The highest BCUT2D eigenvalue weighted by Crippen LogP contribution is 2.02. The maximum Gasteiger partial charge on any atom is 0.237 e. The molecule has 0 fully saturated rings. The third-order valence-electron chi connectivity index (χ3n) is 3.04. The van der Waals surface area contributed by atoms with E-state index in [0.29, 0.717) is 19.4 Å². The molecular weight excluding hydrogens is 321 g/mol. The number of benzene rings is 1. The summed E-state index contributed by atoms with van der Waals surface area (Å²) in [6, 6.07) is 15.0. The van der Waals surface area contributed by atoms with Crippen LogP contribution in [-0.4, -0.2) is 23.5 Å². The average Bonchev–Trinajstić information content (AvgIpc) is 2.49. The Bertz CT molecular complexity index is 538. The van der Waals surface area contributed by atoms with Crippen LogP contribution in [0.5, 0.6) is 0 Å². The zero-order chi connectivity index (χ0) is 14.2. The lowest BCUT2D eigenvalue weighted by Gasteiger charge is -2.12. The van der Waals surface area contributed by atoms with Crippen molar-refractivity contribution in [1.82, 2.24) is 10.3 Å². The third-order valence-corrected chi connectivity index (χ3v) is 3.04. The maximum absolute atomic E-state index is 11.9. The lowest BCUT2D eigenvalue weighted by atomic mass is 10.1. The highest BCUT2D eigenvalue weighted by molar-refractivity contribution is 5.85. The van der Waals surface area contributed by atoms with E-state index in [9.17, 15) is 4.79 Å². The number of aromatic nitrogens is 1. The molecule has 1 amide bonds. The lowest BCUT2D eigenvalue weighted by Crippen LogP contribution is -2.42. The first kappa shape index (κ1) is 20.4. The molecule has 0 bridgehead atoms. The molecule has 1 unspecified atom stereocenters. The molecule has 0 saturated carbocycles. The molecule has 0 saturated heterocycles. The molecule has 2 aromatic rings. The number of amides is 1. The molecule has 0 aliphatic heterocycles. The van der Waals surface area contributed by atoms with Gasteiger partial charge in [-0.25, -0.2) is 0 Å². The molecular formula is C16H21Cl2N3O. The van der Waals surface area contributed by atoms with Gasteiger partial charge in [-0.3, -0.25) is 9.78 Å². The Kier molecular flexibility index (Phi) is 10.2. The van der Waals surface area contributed by atoms with Gasteiger partial charge in [0.2, 0.25) is 5.91 Å². The number of nitrogens with two attached hydrogens (primary N) is 1. The van der Waals surface area contributed by atoms with E-state index in [-0.39, 0.29) is 30.7 Å². The standard InChI is InChI=1S/C16H19N3O.2ClH/c17-15(12-13-6-2-1-3-7-13)16(20)19-11-9-14-8-4-5-10-18-14;;/h1-8,10,15H,9,11-12,17H2,(H,19,20);2*1H. The van der Waals surface area contributed by atoms with Crippen molar-refractivity contribution in [2.24, 2.45) is 5.73 Å². The van der Waals surface area contributed by atoms with E-state index in [2.05, 4.69) is 10.3 Å². The van der Waals surface area contributed by atoms with Crippen LogP contribution < -0.4 is 11.1 Å². The van der Waals surface area contributed by atoms with Crippen molar-refractivity contribution in [3.8, 4) is 0 Å². The molecule has 2 rings (SSSR count). The smallest absolute Gasteiger partial charge is 0.237 e. The van der Waals surface area contributed by atoms with E-state index in [1.165, 1.54) is 0 Å². The minimum Gasteiger partial charge on any atom is -0.354 e. The van der Waals surface area contributed by atoms with Crippen LogP contribution >= 0.6 is 24.8 Å².